The SMILES string of the molecule is COc1ccc(CCO[Si](C)(C)C(C)(C)C)c2c1O[C@H]1C[C@H](Sc3ccccc3)C=C[C@@]21CC=O. The molecule has 0 N–H and O–H groups in total. The van der Waals surface area contributed by atoms with E-state index in [1.54, 1.807) is 7.11 Å². The van der Waals surface area contributed by atoms with Crippen LogP contribution in [0.5, 0.6) is 11.5 Å². The van der Waals surface area contributed by atoms with Crippen molar-refractivity contribution in [3.63, 3.8) is 0 Å². The number of hydrogen-bond acceptors (Lipinski definition) is 5. The average Bonchev–Trinajstić information content (AvgIpc) is 3.14. The maximum Gasteiger partial charge on any atom is 0.191 e. The first kappa shape index (κ1) is 26.1. The molecule has 0 saturated carbocycles. The fourth-order valence-electron chi connectivity index (χ4n) is 4.86. The first-order valence-electron chi connectivity index (χ1n) is 12.5. The van der Waals surface area contributed by atoms with Gasteiger partial charge >= 0.3 is 0 Å². The summed E-state index contributed by atoms with van der Waals surface area (Å²) < 4.78 is 18.8. The van der Waals surface area contributed by atoms with E-state index in [-0.39, 0.29) is 16.4 Å². The standard InChI is InChI=1S/C29H38O4SSi/c1-28(2,3)35(5,6)32-19-15-21-12-13-24(31-4)27-26(21)29(17-18-30)16-14-23(20-25(29)33-27)34-22-10-8-7-9-11-22/h7-14,16,18,23,25H,15,17,19-20H2,1-6H3/t23-,25+,29+/m1/s1. The van der Waals surface area contributed by atoms with Crippen molar-refractivity contribution < 1.29 is 18.7 Å². The molecule has 0 fully saturated rings. The highest BCUT2D eigenvalue weighted by atomic mass is 32.2. The molecule has 1 aliphatic heterocycles. The van der Waals surface area contributed by atoms with Crippen molar-refractivity contribution in [2.75, 3.05) is 13.7 Å². The number of carbonyl (C=O) groups excluding carboxylic acids is 1. The maximum absolute atomic E-state index is 12.0. The van der Waals surface area contributed by atoms with Crippen molar-refractivity contribution in [3.05, 3.63) is 65.7 Å². The number of fused-ring (bicyclic) bond motifs is 3. The van der Waals surface area contributed by atoms with Gasteiger partial charge in [-0.3, -0.25) is 0 Å². The van der Waals surface area contributed by atoms with E-state index in [0.29, 0.717) is 13.0 Å². The average molecular weight is 511 g/mol. The Hall–Kier alpha value is -2.02. The number of thioether (sulfide) groups is 1. The summed E-state index contributed by atoms with van der Waals surface area (Å²) in [4.78, 5) is 13.2. The first-order valence-corrected chi connectivity index (χ1v) is 16.3. The van der Waals surface area contributed by atoms with Crippen LogP contribution in [0.25, 0.3) is 0 Å². The van der Waals surface area contributed by atoms with Gasteiger partial charge in [0.25, 0.3) is 0 Å². The van der Waals surface area contributed by atoms with Crippen LogP contribution in [0.1, 0.15) is 44.7 Å². The van der Waals surface area contributed by atoms with Gasteiger partial charge in [-0.05, 0) is 48.3 Å². The van der Waals surface area contributed by atoms with Crippen LogP contribution in [-0.4, -0.2) is 39.7 Å². The monoisotopic (exact) mass is 510 g/mol. The third-order valence-corrected chi connectivity index (χ3v) is 13.6. The topological polar surface area (TPSA) is 44.8 Å². The molecule has 4 nitrogen and oxygen atoms in total. The summed E-state index contributed by atoms with van der Waals surface area (Å²) >= 11 is 1.84. The summed E-state index contributed by atoms with van der Waals surface area (Å²) in [5.41, 5.74) is 1.82. The summed E-state index contributed by atoms with van der Waals surface area (Å²) in [6.45, 7) is 12.0. The van der Waals surface area contributed by atoms with Crippen LogP contribution in [0, 0.1) is 0 Å². The summed E-state index contributed by atoms with van der Waals surface area (Å²) in [7, 11) is -0.168. The zero-order valence-electron chi connectivity index (χ0n) is 21.8. The molecule has 2 aliphatic rings. The number of ether oxygens (including phenoxy) is 2. The molecular formula is C29H38O4SSi. The second kappa shape index (κ2) is 10.2. The van der Waals surface area contributed by atoms with E-state index in [9.17, 15) is 4.79 Å². The Kier molecular flexibility index (Phi) is 7.56. The van der Waals surface area contributed by atoms with Gasteiger partial charge in [0.1, 0.15) is 12.4 Å². The molecule has 1 heterocycles. The van der Waals surface area contributed by atoms with Gasteiger partial charge in [-0.1, -0.05) is 57.2 Å². The van der Waals surface area contributed by atoms with Gasteiger partial charge < -0.3 is 18.7 Å². The predicted octanol–water partition coefficient (Wildman–Crippen LogP) is 6.97. The Labute approximate surface area is 215 Å². The smallest absolute Gasteiger partial charge is 0.191 e. The molecule has 4 rings (SSSR count). The molecule has 6 heteroatoms. The van der Waals surface area contributed by atoms with Crippen molar-refractivity contribution in [1.82, 2.24) is 0 Å². The maximum atomic E-state index is 12.0. The van der Waals surface area contributed by atoms with Crippen molar-refractivity contribution in [3.8, 4) is 11.5 Å². The predicted molar refractivity (Wildman–Crippen MR) is 146 cm³/mol. The number of aldehydes is 1. The Bertz CT molecular complexity index is 1080. The summed E-state index contributed by atoms with van der Waals surface area (Å²) in [6.07, 6.45) is 7.45. The lowest BCUT2D eigenvalue weighted by Gasteiger charge is -2.37. The van der Waals surface area contributed by atoms with Crippen molar-refractivity contribution in [2.45, 2.75) is 79.8 Å². The molecule has 35 heavy (non-hydrogen) atoms. The Morgan fingerprint density at radius 1 is 1.17 bits per heavy atom. The second-order valence-electron chi connectivity index (χ2n) is 11.1. The summed E-state index contributed by atoms with van der Waals surface area (Å²) in [5, 5.41) is 0.451. The van der Waals surface area contributed by atoms with Gasteiger partial charge in [-0.25, -0.2) is 0 Å². The molecule has 188 valence electrons. The molecule has 0 unspecified atom stereocenters. The summed E-state index contributed by atoms with van der Waals surface area (Å²) in [5.74, 6) is 1.52. The van der Waals surface area contributed by atoms with E-state index in [4.69, 9.17) is 13.9 Å². The fourth-order valence-corrected chi connectivity index (χ4v) is 7.00. The number of hydrogen-bond donors (Lipinski definition) is 0. The molecule has 0 bridgehead atoms. The van der Waals surface area contributed by atoms with E-state index in [2.05, 4.69) is 76.3 Å². The van der Waals surface area contributed by atoms with Crippen LogP contribution >= 0.6 is 11.8 Å². The largest absolute Gasteiger partial charge is 0.493 e. The molecule has 0 aromatic heterocycles. The second-order valence-corrected chi connectivity index (χ2v) is 17.2. The minimum atomic E-state index is -1.85. The number of methoxy groups -OCH3 is 1. The Balaban J connectivity index is 1.64. The minimum absolute atomic E-state index is 0.106. The van der Waals surface area contributed by atoms with E-state index >= 15 is 0 Å². The number of carbonyl (C=O) groups is 1. The molecule has 2 aromatic rings. The third-order valence-electron chi connectivity index (χ3n) is 7.87. The van der Waals surface area contributed by atoms with E-state index < -0.39 is 13.7 Å². The molecular weight excluding hydrogens is 472 g/mol. The van der Waals surface area contributed by atoms with Gasteiger partial charge in [0.05, 0.1) is 12.5 Å². The zero-order valence-corrected chi connectivity index (χ0v) is 23.6. The molecule has 3 atom stereocenters. The van der Waals surface area contributed by atoms with Crippen LogP contribution < -0.4 is 9.47 Å². The van der Waals surface area contributed by atoms with Crippen LogP contribution in [-0.2, 0) is 21.1 Å². The van der Waals surface area contributed by atoms with Crippen LogP contribution in [0.2, 0.25) is 18.1 Å². The Morgan fingerprint density at radius 2 is 1.91 bits per heavy atom. The number of rotatable bonds is 9. The highest BCUT2D eigenvalue weighted by Crippen LogP contribution is 2.55. The first-order chi connectivity index (χ1) is 16.6. The quantitative estimate of drug-likeness (QED) is 0.207. The molecule has 0 saturated heterocycles. The Morgan fingerprint density at radius 3 is 2.57 bits per heavy atom. The zero-order chi connectivity index (χ0) is 25.3. The van der Waals surface area contributed by atoms with Gasteiger partial charge in [-0.15, -0.1) is 11.8 Å². The van der Waals surface area contributed by atoms with Gasteiger partial charge in [0.2, 0.25) is 0 Å². The normalized spacial score (nSPS) is 23.4. The van der Waals surface area contributed by atoms with Crippen LogP contribution in [0.4, 0.5) is 0 Å². The van der Waals surface area contributed by atoms with Crippen LogP contribution in [0.15, 0.2) is 59.5 Å². The lowest BCUT2D eigenvalue weighted by Crippen LogP contribution is -2.42. The lowest BCUT2D eigenvalue weighted by atomic mass is 9.69. The van der Waals surface area contributed by atoms with E-state index in [0.717, 1.165) is 36.2 Å². The molecule has 0 spiro atoms. The molecule has 0 amide bonds. The molecule has 2 aromatic carbocycles. The highest BCUT2D eigenvalue weighted by Gasteiger charge is 2.52. The molecule has 1 aliphatic carbocycles. The molecule has 0 radical (unpaired) electrons. The highest BCUT2D eigenvalue weighted by molar-refractivity contribution is 8.00. The van der Waals surface area contributed by atoms with Gasteiger partial charge in [0, 0.05) is 35.2 Å². The van der Waals surface area contributed by atoms with E-state index in [1.807, 2.05) is 23.9 Å². The lowest BCUT2D eigenvalue weighted by molar-refractivity contribution is -0.109. The summed E-state index contributed by atoms with van der Waals surface area (Å²) in [6, 6.07) is 14.6. The van der Waals surface area contributed by atoms with Gasteiger partial charge in [0.15, 0.2) is 19.8 Å². The third kappa shape index (κ3) is 5.11. The van der Waals surface area contributed by atoms with Crippen LogP contribution in [0.3, 0.4) is 0 Å². The van der Waals surface area contributed by atoms with Crippen molar-refractivity contribution in [2.24, 2.45) is 0 Å². The van der Waals surface area contributed by atoms with E-state index in [1.165, 1.54) is 10.5 Å². The minimum Gasteiger partial charge on any atom is -0.493 e. The fraction of sp³-hybridized carbons (Fsp3) is 0.483. The van der Waals surface area contributed by atoms with Crippen molar-refractivity contribution in [1.29, 1.82) is 0 Å². The number of benzene rings is 2. The van der Waals surface area contributed by atoms with Crippen molar-refractivity contribution >= 4 is 26.4 Å². The van der Waals surface area contributed by atoms with Gasteiger partial charge in [-0.2, -0.15) is 0 Å².